The molecule has 0 bridgehead atoms. The second-order valence-electron chi connectivity index (χ2n) is 4.04. The van der Waals surface area contributed by atoms with Crippen molar-refractivity contribution >= 4 is 40.7 Å². The van der Waals surface area contributed by atoms with E-state index in [4.69, 9.17) is 44.0 Å². The van der Waals surface area contributed by atoms with Gasteiger partial charge in [-0.15, -0.1) is 0 Å². The number of carbonyl (C=O) groups is 1. The topological polar surface area (TPSA) is 54.7 Å². The predicted molar refractivity (Wildman–Crippen MR) is 72.6 cm³/mol. The molecule has 0 unspecified atom stereocenters. The van der Waals surface area contributed by atoms with E-state index in [2.05, 4.69) is 5.32 Å². The molecular weight excluding hydrogens is 314 g/mol. The molecule has 1 aromatic heterocycles. The number of morpholine rings is 1. The number of furan rings is 1. The van der Waals surface area contributed by atoms with Crippen LogP contribution < -0.4 is 5.32 Å². The van der Waals surface area contributed by atoms with Crippen molar-refractivity contribution in [3.8, 4) is 0 Å². The van der Waals surface area contributed by atoms with Gasteiger partial charge < -0.3 is 14.5 Å². The van der Waals surface area contributed by atoms with E-state index in [0.717, 1.165) is 0 Å². The van der Waals surface area contributed by atoms with Crippen molar-refractivity contribution in [1.29, 1.82) is 0 Å². The first-order valence-corrected chi connectivity index (χ1v) is 6.85. The lowest BCUT2D eigenvalue weighted by Crippen LogP contribution is -2.58. The average molecular weight is 328 g/mol. The van der Waals surface area contributed by atoms with Gasteiger partial charge >= 0.3 is 0 Å². The quantitative estimate of drug-likeness (QED) is 0.863. The highest BCUT2D eigenvalue weighted by Gasteiger charge is 2.39. The number of amides is 1. The van der Waals surface area contributed by atoms with E-state index in [1.165, 1.54) is 6.26 Å². The molecule has 8 heteroatoms. The van der Waals surface area contributed by atoms with Gasteiger partial charge in [-0.3, -0.25) is 9.69 Å². The molecule has 0 aliphatic carbocycles. The standard InChI is InChI=1S/C11H13Cl3N2O3/c12-11(13,14)10(16-3-6-18-7-4-16)15-9(17)8-2-1-5-19-8/h1-2,5,10H,3-4,6-7H2,(H,15,17)/t10-/m1/s1. The Morgan fingerprint density at radius 1 is 1.37 bits per heavy atom. The van der Waals surface area contributed by atoms with Crippen molar-refractivity contribution in [2.45, 2.75) is 9.96 Å². The maximum atomic E-state index is 12.0. The summed E-state index contributed by atoms with van der Waals surface area (Å²) in [7, 11) is 0. The zero-order chi connectivity index (χ0) is 13.9. The van der Waals surface area contributed by atoms with Gasteiger partial charge in [0.05, 0.1) is 19.5 Å². The number of ether oxygens (including phenoxy) is 1. The number of nitrogens with zero attached hydrogens (tertiary/aromatic N) is 1. The Bertz CT molecular complexity index is 413. The fourth-order valence-corrected chi connectivity index (χ4v) is 2.40. The Hall–Kier alpha value is -0.460. The van der Waals surface area contributed by atoms with Gasteiger partial charge in [-0.2, -0.15) is 0 Å². The van der Waals surface area contributed by atoms with Crippen LogP contribution in [0.25, 0.3) is 0 Å². The van der Waals surface area contributed by atoms with E-state index in [-0.39, 0.29) is 5.76 Å². The van der Waals surface area contributed by atoms with Gasteiger partial charge in [-0.1, -0.05) is 34.8 Å². The third kappa shape index (κ3) is 4.00. The van der Waals surface area contributed by atoms with Crippen molar-refractivity contribution in [3.05, 3.63) is 24.2 Å². The van der Waals surface area contributed by atoms with Gasteiger partial charge in [0.15, 0.2) is 5.76 Å². The highest BCUT2D eigenvalue weighted by Crippen LogP contribution is 2.32. The van der Waals surface area contributed by atoms with Gasteiger partial charge in [0.25, 0.3) is 5.91 Å². The van der Waals surface area contributed by atoms with Crippen LogP contribution >= 0.6 is 34.8 Å². The smallest absolute Gasteiger partial charge is 0.288 e. The molecule has 1 aromatic rings. The zero-order valence-corrected chi connectivity index (χ0v) is 12.2. The van der Waals surface area contributed by atoms with E-state index >= 15 is 0 Å². The van der Waals surface area contributed by atoms with Crippen LogP contribution in [-0.2, 0) is 4.74 Å². The Morgan fingerprint density at radius 2 is 2.05 bits per heavy atom. The molecule has 1 N–H and O–H groups in total. The molecule has 2 rings (SSSR count). The fraction of sp³-hybridized carbons (Fsp3) is 0.545. The molecule has 19 heavy (non-hydrogen) atoms. The number of halogens is 3. The lowest BCUT2D eigenvalue weighted by atomic mass is 10.3. The summed E-state index contributed by atoms with van der Waals surface area (Å²) in [5.41, 5.74) is 0. The van der Waals surface area contributed by atoms with Gasteiger partial charge in [-0.05, 0) is 12.1 Å². The maximum Gasteiger partial charge on any atom is 0.288 e. The lowest BCUT2D eigenvalue weighted by molar-refractivity contribution is 0.00966. The molecule has 0 aromatic carbocycles. The first-order valence-electron chi connectivity index (χ1n) is 5.71. The molecule has 0 spiro atoms. The fourth-order valence-electron chi connectivity index (χ4n) is 1.82. The number of nitrogens with one attached hydrogen (secondary N) is 1. The van der Waals surface area contributed by atoms with Crippen LogP contribution in [0.1, 0.15) is 10.6 Å². The molecule has 1 atom stereocenters. The lowest BCUT2D eigenvalue weighted by Gasteiger charge is -2.38. The molecule has 1 amide bonds. The van der Waals surface area contributed by atoms with Crippen LogP contribution in [0.4, 0.5) is 0 Å². The molecule has 2 heterocycles. The molecular formula is C11H13Cl3N2O3. The second-order valence-corrected chi connectivity index (χ2v) is 6.41. The van der Waals surface area contributed by atoms with Crippen molar-refractivity contribution in [3.63, 3.8) is 0 Å². The SMILES string of the molecule is O=C(N[C@H](N1CCOCC1)C(Cl)(Cl)Cl)c1ccco1. The minimum atomic E-state index is -1.64. The van der Waals surface area contributed by atoms with Gasteiger partial charge in [-0.25, -0.2) is 0 Å². The molecule has 0 radical (unpaired) electrons. The predicted octanol–water partition coefficient (Wildman–Crippen LogP) is 2.04. The molecule has 1 fully saturated rings. The number of carbonyl (C=O) groups excluding carboxylic acids is 1. The third-order valence-electron chi connectivity index (χ3n) is 2.73. The summed E-state index contributed by atoms with van der Waals surface area (Å²) in [6.45, 7) is 2.23. The van der Waals surface area contributed by atoms with Crippen molar-refractivity contribution in [2.75, 3.05) is 26.3 Å². The van der Waals surface area contributed by atoms with Gasteiger partial charge in [0.1, 0.15) is 6.17 Å². The van der Waals surface area contributed by atoms with Crippen LogP contribution in [0.2, 0.25) is 0 Å². The molecule has 1 aliphatic heterocycles. The largest absolute Gasteiger partial charge is 0.459 e. The average Bonchev–Trinajstić information content (AvgIpc) is 2.89. The van der Waals surface area contributed by atoms with E-state index < -0.39 is 15.9 Å². The second kappa shape index (κ2) is 6.33. The Balaban J connectivity index is 2.07. The summed E-state index contributed by atoms with van der Waals surface area (Å²) in [4.78, 5) is 13.8. The van der Waals surface area contributed by atoms with E-state index in [9.17, 15) is 4.79 Å². The monoisotopic (exact) mass is 326 g/mol. The molecule has 0 saturated carbocycles. The van der Waals surface area contributed by atoms with Crippen molar-refractivity contribution < 1.29 is 13.9 Å². The zero-order valence-electron chi connectivity index (χ0n) is 9.94. The summed E-state index contributed by atoms with van der Waals surface area (Å²) in [6.07, 6.45) is 0.674. The summed E-state index contributed by atoms with van der Waals surface area (Å²) in [5.74, 6) is -0.250. The Morgan fingerprint density at radius 3 is 2.58 bits per heavy atom. The molecule has 106 valence electrons. The van der Waals surface area contributed by atoms with Crippen molar-refractivity contribution in [1.82, 2.24) is 10.2 Å². The maximum absolute atomic E-state index is 12.0. The van der Waals surface area contributed by atoms with E-state index in [0.29, 0.717) is 26.3 Å². The van der Waals surface area contributed by atoms with Crippen LogP contribution in [0.5, 0.6) is 0 Å². The minimum absolute atomic E-state index is 0.174. The minimum Gasteiger partial charge on any atom is -0.459 e. The summed E-state index contributed by atoms with van der Waals surface area (Å²) in [5, 5.41) is 2.67. The Kier molecular flexibility index (Phi) is 4.97. The number of hydrogen-bond donors (Lipinski definition) is 1. The van der Waals surface area contributed by atoms with Crippen LogP contribution in [0, 0.1) is 0 Å². The summed E-state index contributed by atoms with van der Waals surface area (Å²) >= 11 is 17.8. The van der Waals surface area contributed by atoms with Crippen LogP contribution in [0.15, 0.2) is 22.8 Å². The highest BCUT2D eigenvalue weighted by atomic mass is 35.6. The van der Waals surface area contributed by atoms with Crippen molar-refractivity contribution in [2.24, 2.45) is 0 Å². The number of hydrogen-bond acceptors (Lipinski definition) is 4. The summed E-state index contributed by atoms with van der Waals surface area (Å²) in [6, 6.07) is 3.16. The first kappa shape index (κ1) is 14.9. The van der Waals surface area contributed by atoms with E-state index in [1.807, 2.05) is 4.90 Å². The number of rotatable bonds is 3. The van der Waals surface area contributed by atoms with Gasteiger partial charge in [0.2, 0.25) is 3.79 Å². The van der Waals surface area contributed by atoms with Crippen LogP contribution in [-0.4, -0.2) is 47.1 Å². The highest BCUT2D eigenvalue weighted by molar-refractivity contribution is 6.68. The van der Waals surface area contributed by atoms with Gasteiger partial charge in [0, 0.05) is 13.1 Å². The Labute approximate surface area is 125 Å². The number of alkyl halides is 3. The van der Waals surface area contributed by atoms with E-state index in [1.54, 1.807) is 12.1 Å². The third-order valence-corrected chi connectivity index (χ3v) is 3.35. The molecule has 5 nitrogen and oxygen atoms in total. The first-order chi connectivity index (χ1) is 8.98. The normalized spacial score (nSPS) is 19.1. The molecule has 1 aliphatic rings. The summed E-state index contributed by atoms with van der Waals surface area (Å²) < 4.78 is 8.61. The molecule has 1 saturated heterocycles. The van der Waals surface area contributed by atoms with Crippen LogP contribution in [0.3, 0.4) is 0 Å².